The van der Waals surface area contributed by atoms with Crippen LogP contribution < -0.4 is 10.6 Å². The van der Waals surface area contributed by atoms with Crippen LogP contribution >= 0.6 is 12.2 Å². The standard InChI is InChI=1S/C17H24F3N3S/c18-17(19,20)14-6-8-15(9-7-14)22-16(24)21-10-5-13-23-11-3-1-2-4-12-23/h6-9H,1-5,10-13H2,(H2,21,22,24). The van der Waals surface area contributed by atoms with Crippen LogP contribution in [0.1, 0.15) is 37.7 Å². The monoisotopic (exact) mass is 359 g/mol. The fourth-order valence-corrected chi connectivity index (χ4v) is 3.00. The molecule has 1 saturated heterocycles. The maximum absolute atomic E-state index is 12.5. The summed E-state index contributed by atoms with van der Waals surface area (Å²) in [6.07, 6.45) is 1.90. The molecule has 0 bridgehead atoms. The van der Waals surface area contributed by atoms with Gasteiger partial charge in [-0.2, -0.15) is 13.2 Å². The summed E-state index contributed by atoms with van der Waals surface area (Å²) in [6, 6.07) is 4.86. The van der Waals surface area contributed by atoms with Crippen LogP contribution in [0.25, 0.3) is 0 Å². The molecule has 0 unspecified atom stereocenters. The molecule has 1 aromatic carbocycles. The molecule has 0 amide bonds. The van der Waals surface area contributed by atoms with Crippen molar-refractivity contribution in [1.82, 2.24) is 10.2 Å². The van der Waals surface area contributed by atoms with E-state index in [1.54, 1.807) is 0 Å². The first-order valence-electron chi connectivity index (χ1n) is 8.39. The molecule has 0 spiro atoms. The molecule has 24 heavy (non-hydrogen) atoms. The van der Waals surface area contributed by atoms with Gasteiger partial charge in [-0.05, 0) is 75.4 Å². The van der Waals surface area contributed by atoms with Gasteiger partial charge in [0, 0.05) is 12.2 Å². The van der Waals surface area contributed by atoms with Gasteiger partial charge in [-0.25, -0.2) is 0 Å². The Bertz CT molecular complexity index is 509. The molecule has 2 rings (SSSR count). The molecule has 0 radical (unpaired) electrons. The number of alkyl halides is 3. The van der Waals surface area contributed by atoms with Gasteiger partial charge in [0.05, 0.1) is 5.56 Å². The second-order valence-electron chi connectivity index (χ2n) is 6.07. The van der Waals surface area contributed by atoms with Gasteiger partial charge in [-0.15, -0.1) is 0 Å². The van der Waals surface area contributed by atoms with Crippen molar-refractivity contribution in [3.05, 3.63) is 29.8 Å². The van der Waals surface area contributed by atoms with E-state index < -0.39 is 11.7 Å². The van der Waals surface area contributed by atoms with Gasteiger partial charge in [0.1, 0.15) is 0 Å². The van der Waals surface area contributed by atoms with E-state index >= 15 is 0 Å². The van der Waals surface area contributed by atoms with Gasteiger partial charge >= 0.3 is 6.18 Å². The Hall–Kier alpha value is -1.34. The molecule has 0 saturated carbocycles. The van der Waals surface area contributed by atoms with Crippen LogP contribution in [0.3, 0.4) is 0 Å². The predicted octanol–water partition coefficient (Wildman–Crippen LogP) is 4.26. The fraction of sp³-hybridized carbons (Fsp3) is 0.588. The zero-order valence-corrected chi connectivity index (χ0v) is 14.5. The molecule has 0 aromatic heterocycles. The van der Waals surface area contributed by atoms with E-state index in [2.05, 4.69) is 15.5 Å². The number of thiocarbonyl (C=S) groups is 1. The van der Waals surface area contributed by atoms with E-state index in [0.29, 0.717) is 10.8 Å². The number of hydrogen-bond acceptors (Lipinski definition) is 2. The first kappa shape index (κ1) is 19.0. The second-order valence-corrected chi connectivity index (χ2v) is 6.47. The number of likely N-dealkylation sites (tertiary alicyclic amines) is 1. The van der Waals surface area contributed by atoms with E-state index in [9.17, 15) is 13.2 Å². The topological polar surface area (TPSA) is 27.3 Å². The van der Waals surface area contributed by atoms with Crippen molar-refractivity contribution in [3.63, 3.8) is 0 Å². The highest BCUT2D eigenvalue weighted by atomic mass is 32.1. The molecule has 134 valence electrons. The number of nitrogens with zero attached hydrogens (tertiary/aromatic N) is 1. The smallest absolute Gasteiger partial charge is 0.362 e. The second kappa shape index (κ2) is 9.22. The average Bonchev–Trinajstić information content (AvgIpc) is 2.80. The van der Waals surface area contributed by atoms with Crippen LogP contribution in [0.5, 0.6) is 0 Å². The quantitative estimate of drug-likeness (QED) is 0.607. The van der Waals surface area contributed by atoms with Crippen molar-refractivity contribution in [3.8, 4) is 0 Å². The predicted molar refractivity (Wildman–Crippen MR) is 95.2 cm³/mol. The van der Waals surface area contributed by atoms with Crippen molar-refractivity contribution in [2.24, 2.45) is 0 Å². The molecule has 1 heterocycles. The molecular weight excluding hydrogens is 335 g/mol. The minimum atomic E-state index is -4.31. The molecule has 3 nitrogen and oxygen atoms in total. The molecular formula is C17H24F3N3S. The van der Waals surface area contributed by atoms with Crippen molar-refractivity contribution >= 4 is 23.0 Å². The highest BCUT2D eigenvalue weighted by molar-refractivity contribution is 7.80. The zero-order valence-electron chi connectivity index (χ0n) is 13.7. The van der Waals surface area contributed by atoms with Crippen LogP contribution in [0.4, 0.5) is 18.9 Å². The molecule has 1 aliphatic rings. The van der Waals surface area contributed by atoms with Crippen LogP contribution in [-0.4, -0.2) is 36.2 Å². The zero-order chi connectivity index (χ0) is 17.4. The van der Waals surface area contributed by atoms with Crippen LogP contribution in [0.15, 0.2) is 24.3 Å². The Balaban J connectivity index is 1.66. The third kappa shape index (κ3) is 6.65. The van der Waals surface area contributed by atoms with Crippen molar-refractivity contribution in [2.45, 2.75) is 38.3 Å². The van der Waals surface area contributed by atoms with Gasteiger partial charge in [0.25, 0.3) is 0 Å². The molecule has 7 heteroatoms. The summed E-state index contributed by atoms with van der Waals surface area (Å²) in [5, 5.41) is 6.45. The largest absolute Gasteiger partial charge is 0.416 e. The number of benzene rings is 1. The van der Waals surface area contributed by atoms with Crippen LogP contribution in [-0.2, 0) is 6.18 Å². The highest BCUT2D eigenvalue weighted by Crippen LogP contribution is 2.29. The summed E-state index contributed by atoms with van der Waals surface area (Å²) in [4.78, 5) is 2.49. The van der Waals surface area contributed by atoms with Crippen molar-refractivity contribution < 1.29 is 13.2 Å². The Kier molecular flexibility index (Phi) is 7.30. The van der Waals surface area contributed by atoms with E-state index in [1.165, 1.54) is 50.9 Å². The molecule has 1 aromatic rings. The van der Waals surface area contributed by atoms with E-state index in [-0.39, 0.29) is 0 Å². The molecule has 1 aliphatic heterocycles. The first-order valence-corrected chi connectivity index (χ1v) is 8.80. The number of anilines is 1. The van der Waals surface area contributed by atoms with Crippen molar-refractivity contribution in [2.75, 3.05) is 31.5 Å². The maximum atomic E-state index is 12.5. The summed E-state index contributed by atoms with van der Waals surface area (Å²) in [5.74, 6) is 0. The van der Waals surface area contributed by atoms with Crippen LogP contribution in [0, 0.1) is 0 Å². The minimum Gasteiger partial charge on any atom is -0.362 e. The summed E-state index contributed by atoms with van der Waals surface area (Å²) < 4.78 is 37.5. The van der Waals surface area contributed by atoms with Gasteiger partial charge in [0.15, 0.2) is 5.11 Å². The summed E-state index contributed by atoms with van der Waals surface area (Å²) in [5.41, 5.74) is -0.114. The van der Waals surface area contributed by atoms with E-state index in [0.717, 1.165) is 31.6 Å². The summed E-state index contributed by atoms with van der Waals surface area (Å²) in [6.45, 7) is 4.15. The Morgan fingerprint density at radius 2 is 1.67 bits per heavy atom. The summed E-state index contributed by atoms with van der Waals surface area (Å²) >= 11 is 5.18. The number of rotatable bonds is 5. The lowest BCUT2D eigenvalue weighted by Crippen LogP contribution is -2.32. The van der Waals surface area contributed by atoms with E-state index in [4.69, 9.17) is 12.2 Å². The lowest BCUT2D eigenvalue weighted by atomic mass is 10.2. The normalized spacial score (nSPS) is 16.5. The third-order valence-electron chi connectivity index (χ3n) is 4.11. The SMILES string of the molecule is FC(F)(F)c1ccc(NC(=S)NCCCN2CCCCCC2)cc1. The van der Waals surface area contributed by atoms with Gasteiger partial charge in [0.2, 0.25) is 0 Å². The fourth-order valence-electron chi connectivity index (χ4n) is 2.78. The average molecular weight is 359 g/mol. The number of halogens is 3. The third-order valence-corrected chi connectivity index (χ3v) is 4.35. The van der Waals surface area contributed by atoms with Crippen LogP contribution in [0.2, 0.25) is 0 Å². The lowest BCUT2D eigenvalue weighted by molar-refractivity contribution is -0.137. The Morgan fingerprint density at radius 1 is 1.04 bits per heavy atom. The van der Waals surface area contributed by atoms with E-state index in [1.807, 2.05) is 0 Å². The van der Waals surface area contributed by atoms with Gasteiger partial charge < -0.3 is 15.5 Å². The Labute approximate surface area is 146 Å². The maximum Gasteiger partial charge on any atom is 0.416 e. The van der Waals surface area contributed by atoms with Crippen molar-refractivity contribution in [1.29, 1.82) is 0 Å². The van der Waals surface area contributed by atoms with Gasteiger partial charge in [-0.3, -0.25) is 0 Å². The summed E-state index contributed by atoms with van der Waals surface area (Å²) in [7, 11) is 0. The molecule has 0 aliphatic carbocycles. The van der Waals surface area contributed by atoms with Gasteiger partial charge in [-0.1, -0.05) is 12.8 Å². The number of hydrogen-bond donors (Lipinski definition) is 2. The lowest BCUT2D eigenvalue weighted by Gasteiger charge is -2.19. The number of nitrogens with one attached hydrogen (secondary N) is 2. The first-order chi connectivity index (χ1) is 11.4. The Morgan fingerprint density at radius 3 is 2.25 bits per heavy atom. The molecule has 2 N–H and O–H groups in total. The molecule has 0 atom stereocenters. The molecule has 1 fully saturated rings. The minimum absolute atomic E-state index is 0.436. The highest BCUT2D eigenvalue weighted by Gasteiger charge is 2.29.